The molecule has 2 aromatic heterocycles. The summed E-state index contributed by atoms with van der Waals surface area (Å²) in [5.41, 5.74) is 0.969. The molecule has 2 heterocycles. The van der Waals surface area contributed by atoms with E-state index in [0.717, 1.165) is 21.6 Å². The Morgan fingerprint density at radius 2 is 1.77 bits per heavy atom. The molecule has 1 aromatic carbocycles. The SMILES string of the molecule is COc1ccc(OC)c(CSc2nc3c(c(=O)n(C)c(=O)n3C)n2C)c1. The van der Waals surface area contributed by atoms with Gasteiger partial charge in [-0.2, -0.15) is 0 Å². The molecule has 0 saturated carbocycles. The van der Waals surface area contributed by atoms with Gasteiger partial charge in [0.15, 0.2) is 16.3 Å². The Hall–Kier alpha value is -2.68. The molecule has 0 spiro atoms. The summed E-state index contributed by atoms with van der Waals surface area (Å²) >= 11 is 1.46. The molecule has 0 aliphatic rings. The summed E-state index contributed by atoms with van der Waals surface area (Å²) in [6, 6.07) is 5.59. The Morgan fingerprint density at radius 1 is 1.04 bits per heavy atom. The second kappa shape index (κ2) is 6.91. The van der Waals surface area contributed by atoms with E-state index >= 15 is 0 Å². The zero-order valence-electron chi connectivity index (χ0n) is 15.3. The van der Waals surface area contributed by atoms with Gasteiger partial charge >= 0.3 is 5.69 Å². The van der Waals surface area contributed by atoms with Crippen molar-refractivity contribution < 1.29 is 9.47 Å². The van der Waals surface area contributed by atoms with Crippen LogP contribution in [-0.2, 0) is 26.9 Å². The van der Waals surface area contributed by atoms with Crippen molar-refractivity contribution in [2.75, 3.05) is 14.2 Å². The number of fused-ring (bicyclic) bond motifs is 1. The summed E-state index contributed by atoms with van der Waals surface area (Å²) < 4.78 is 14.9. The summed E-state index contributed by atoms with van der Waals surface area (Å²) in [6.07, 6.45) is 0. The third-order valence-corrected chi connectivity index (χ3v) is 5.36. The van der Waals surface area contributed by atoms with Crippen molar-refractivity contribution in [1.82, 2.24) is 18.7 Å². The fourth-order valence-electron chi connectivity index (χ4n) is 2.76. The van der Waals surface area contributed by atoms with Gasteiger partial charge in [0.25, 0.3) is 5.56 Å². The van der Waals surface area contributed by atoms with Crippen molar-refractivity contribution in [3.63, 3.8) is 0 Å². The molecule has 0 aliphatic carbocycles. The third kappa shape index (κ3) is 2.88. The van der Waals surface area contributed by atoms with Crippen LogP contribution >= 0.6 is 11.8 Å². The Labute approximate surface area is 154 Å². The Kier molecular flexibility index (Phi) is 4.82. The summed E-state index contributed by atoms with van der Waals surface area (Å²) in [4.78, 5) is 29.0. The second-order valence-corrected chi connectivity index (χ2v) is 6.74. The first-order valence-electron chi connectivity index (χ1n) is 7.85. The highest BCUT2D eigenvalue weighted by Crippen LogP contribution is 2.31. The average Bonchev–Trinajstić information content (AvgIpc) is 2.99. The van der Waals surface area contributed by atoms with Crippen molar-refractivity contribution in [3.05, 3.63) is 44.6 Å². The van der Waals surface area contributed by atoms with Crippen LogP contribution in [0.25, 0.3) is 11.2 Å². The molecule has 0 unspecified atom stereocenters. The largest absolute Gasteiger partial charge is 0.497 e. The zero-order chi connectivity index (χ0) is 19.0. The van der Waals surface area contributed by atoms with Crippen LogP contribution in [-0.4, -0.2) is 32.9 Å². The van der Waals surface area contributed by atoms with Gasteiger partial charge in [0, 0.05) is 32.5 Å². The minimum atomic E-state index is -0.397. The number of thioether (sulfide) groups is 1. The maximum atomic E-state index is 12.4. The van der Waals surface area contributed by atoms with E-state index in [0.29, 0.717) is 22.1 Å². The first kappa shape index (κ1) is 18.1. The van der Waals surface area contributed by atoms with E-state index in [1.54, 1.807) is 32.9 Å². The Balaban J connectivity index is 2.02. The standard InChI is InChI=1S/C17H20N4O4S/c1-19-13-14(20(2)17(23)21(3)15(13)22)18-16(19)26-9-10-8-11(24-4)6-7-12(10)25-5/h6-8H,9H2,1-5H3. The number of rotatable bonds is 5. The molecule has 3 aromatic rings. The Morgan fingerprint density at radius 3 is 2.42 bits per heavy atom. The molecule has 0 amide bonds. The summed E-state index contributed by atoms with van der Waals surface area (Å²) in [6.45, 7) is 0. The molecule has 3 rings (SSSR count). The summed E-state index contributed by atoms with van der Waals surface area (Å²) in [7, 11) is 8.07. The van der Waals surface area contributed by atoms with Crippen molar-refractivity contribution >= 4 is 22.9 Å². The van der Waals surface area contributed by atoms with Crippen molar-refractivity contribution in [1.29, 1.82) is 0 Å². The van der Waals surface area contributed by atoms with Crippen LogP contribution < -0.4 is 20.7 Å². The van der Waals surface area contributed by atoms with Crippen LogP contribution in [0.5, 0.6) is 11.5 Å². The molecular weight excluding hydrogens is 356 g/mol. The maximum absolute atomic E-state index is 12.4. The highest BCUT2D eigenvalue weighted by atomic mass is 32.2. The quantitative estimate of drug-likeness (QED) is 0.624. The molecule has 0 radical (unpaired) electrons. The number of ether oxygens (including phenoxy) is 2. The maximum Gasteiger partial charge on any atom is 0.332 e. The first-order chi connectivity index (χ1) is 12.4. The molecule has 0 fully saturated rings. The second-order valence-electron chi connectivity index (χ2n) is 5.80. The van der Waals surface area contributed by atoms with Crippen molar-refractivity contribution in [2.45, 2.75) is 10.9 Å². The highest BCUT2D eigenvalue weighted by Gasteiger charge is 2.17. The molecule has 0 aliphatic heterocycles. The number of hydrogen-bond donors (Lipinski definition) is 0. The molecule has 0 N–H and O–H groups in total. The molecule has 0 saturated heterocycles. The van der Waals surface area contributed by atoms with Crippen LogP contribution in [0, 0.1) is 0 Å². The zero-order valence-corrected chi connectivity index (χ0v) is 16.1. The van der Waals surface area contributed by atoms with Gasteiger partial charge in [-0.05, 0) is 18.2 Å². The predicted octanol–water partition coefficient (Wildman–Crippen LogP) is 1.28. The number of imidazole rings is 1. The molecule has 8 nitrogen and oxygen atoms in total. The summed E-state index contributed by atoms with van der Waals surface area (Å²) in [5.74, 6) is 2.06. The van der Waals surface area contributed by atoms with Crippen LogP contribution in [0.3, 0.4) is 0 Å². The fourth-order valence-corrected chi connectivity index (χ4v) is 3.71. The minimum absolute atomic E-state index is 0.357. The molecule has 9 heteroatoms. The fraction of sp³-hybridized carbons (Fsp3) is 0.353. The lowest BCUT2D eigenvalue weighted by atomic mass is 10.2. The van der Waals surface area contributed by atoms with E-state index in [9.17, 15) is 9.59 Å². The number of nitrogens with zero attached hydrogens (tertiary/aromatic N) is 4. The molecule has 0 bridgehead atoms. The van der Waals surface area contributed by atoms with Gasteiger partial charge in [-0.1, -0.05) is 11.8 Å². The van der Waals surface area contributed by atoms with Gasteiger partial charge in [0.05, 0.1) is 14.2 Å². The number of methoxy groups -OCH3 is 2. The van der Waals surface area contributed by atoms with Crippen molar-refractivity contribution in [3.8, 4) is 11.5 Å². The van der Waals surface area contributed by atoms with Gasteiger partial charge in [-0.25, -0.2) is 9.78 Å². The molecular formula is C17H20N4O4S. The van der Waals surface area contributed by atoms with Gasteiger partial charge < -0.3 is 14.0 Å². The van der Waals surface area contributed by atoms with Crippen LogP contribution in [0.2, 0.25) is 0 Å². The number of benzene rings is 1. The first-order valence-corrected chi connectivity index (χ1v) is 8.83. The predicted molar refractivity (Wildman–Crippen MR) is 100 cm³/mol. The van der Waals surface area contributed by atoms with E-state index < -0.39 is 5.69 Å². The van der Waals surface area contributed by atoms with Crippen LogP contribution in [0.1, 0.15) is 5.56 Å². The van der Waals surface area contributed by atoms with E-state index in [4.69, 9.17) is 9.47 Å². The average molecular weight is 376 g/mol. The minimum Gasteiger partial charge on any atom is -0.497 e. The molecule has 0 atom stereocenters. The topological polar surface area (TPSA) is 80.3 Å². The van der Waals surface area contributed by atoms with E-state index in [-0.39, 0.29) is 5.56 Å². The van der Waals surface area contributed by atoms with E-state index in [1.807, 2.05) is 18.2 Å². The highest BCUT2D eigenvalue weighted by molar-refractivity contribution is 7.98. The van der Waals surface area contributed by atoms with Gasteiger partial charge in [0.2, 0.25) is 0 Å². The summed E-state index contributed by atoms with van der Waals surface area (Å²) in [5, 5.41) is 0.642. The van der Waals surface area contributed by atoms with Crippen molar-refractivity contribution in [2.24, 2.45) is 21.1 Å². The normalized spacial score (nSPS) is 11.1. The number of hydrogen-bond acceptors (Lipinski definition) is 6. The molecule has 138 valence electrons. The third-order valence-electron chi connectivity index (χ3n) is 4.28. The van der Waals surface area contributed by atoms with Gasteiger partial charge in [0.1, 0.15) is 11.5 Å². The Bertz CT molecular complexity index is 1100. The van der Waals surface area contributed by atoms with Crippen LogP contribution in [0.15, 0.2) is 32.9 Å². The van der Waals surface area contributed by atoms with Gasteiger partial charge in [-0.3, -0.25) is 13.9 Å². The van der Waals surface area contributed by atoms with E-state index in [1.165, 1.54) is 23.4 Å². The van der Waals surface area contributed by atoms with E-state index in [2.05, 4.69) is 4.98 Å². The smallest absolute Gasteiger partial charge is 0.332 e. The number of aryl methyl sites for hydroxylation is 2. The lowest BCUT2D eigenvalue weighted by Crippen LogP contribution is -2.37. The van der Waals surface area contributed by atoms with Gasteiger partial charge in [-0.15, -0.1) is 0 Å². The molecule has 26 heavy (non-hydrogen) atoms. The lowest BCUT2D eigenvalue weighted by molar-refractivity contribution is 0.400. The lowest BCUT2D eigenvalue weighted by Gasteiger charge is -2.10. The number of aromatic nitrogens is 4. The van der Waals surface area contributed by atoms with Crippen LogP contribution in [0.4, 0.5) is 0 Å². The monoisotopic (exact) mass is 376 g/mol.